The lowest BCUT2D eigenvalue weighted by Crippen LogP contribution is -2.50. The number of aromatic nitrogens is 12. The number of aliphatic hydroxyl groups is 8. The lowest BCUT2D eigenvalue weighted by atomic mass is 9.76. The van der Waals surface area contributed by atoms with Gasteiger partial charge < -0.3 is 68.3 Å². The number of aliphatic hydroxyl groups excluding tert-OH is 8. The van der Waals surface area contributed by atoms with Gasteiger partial charge in [-0.2, -0.15) is 52.7 Å². The topological polar surface area (TPSA) is 269 Å². The summed E-state index contributed by atoms with van der Waals surface area (Å²) in [7, 11) is 0. The van der Waals surface area contributed by atoms with Gasteiger partial charge in [0.25, 0.3) is 0 Å². The molecule has 0 radical (unpaired) electrons. The fourth-order valence-electron chi connectivity index (χ4n) is 27.2. The second-order valence-corrected chi connectivity index (χ2v) is 43.6. The van der Waals surface area contributed by atoms with Crippen LogP contribution in [0.4, 0.5) is 61.5 Å². The van der Waals surface area contributed by atoms with E-state index in [0.717, 1.165) is 130 Å². The van der Waals surface area contributed by atoms with E-state index in [-0.39, 0.29) is 82.4 Å². The molecule has 798 valence electrons. The summed E-state index contributed by atoms with van der Waals surface area (Å²) in [5.74, 6) is -1.75. The van der Waals surface area contributed by atoms with Crippen molar-refractivity contribution in [2.24, 2.45) is 35.5 Å². The third-order valence-electron chi connectivity index (χ3n) is 35.1. The summed E-state index contributed by atoms with van der Waals surface area (Å²) in [6.07, 6.45) is 21.7. The van der Waals surface area contributed by atoms with Crippen LogP contribution in [0.1, 0.15) is 270 Å². The molecule has 6 saturated carbocycles. The average molecular weight is 2080 g/mol. The number of fused-ring (bicyclic) bond motifs is 18. The number of alkyl halides is 12. The molecule has 6 aromatic heterocycles. The molecular formula is C115H132F14N12O8. The Labute approximate surface area is 857 Å². The summed E-state index contributed by atoms with van der Waals surface area (Å²) in [6.45, 7) is 0. The molecular weight excluding hydrogens is 1940 g/mol. The summed E-state index contributed by atoms with van der Waals surface area (Å²) >= 11 is 0. The van der Waals surface area contributed by atoms with Gasteiger partial charge in [0.05, 0.1) is 158 Å². The highest BCUT2D eigenvalue weighted by atomic mass is 19.4. The maximum atomic E-state index is 14.7. The molecule has 12 aliphatic rings. The lowest BCUT2D eigenvalue weighted by Gasteiger charge is -2.39. The van der Waals surface area contributed by atoms with Crippen molar-refractivity contribution in [1.82, 2.24) is 57.3 Å². The molecule has 6 fully saturated rings. The van der Waals surface area contributed by atoms with Crippen LogP contribution in [-0.4, -0.2) is 172 Å². The summed E-state index contributed by atoms with van der Waals surface area (Å²) in [5.41, 5.74) is 0.133. The van der Waals surface area contributed by atoms with E-state index in [4.69, 9.17) is 0 Å². The monoisotopic (exact) mass is 2080 g/mol. The van der Waals surface area contributed by atoms with E-state index in [2.05, 4.69) is 87.6 Å². The fourth-order valence-corrected chi connectivity index (χ4v) is 27.2. The zero-order chi connectivity index (χ0) is 105. The smallest absolute Gasteiger partial charge is 0.393 e. The number of imidazole rings is 6. The third-order valence-corrected chi connectivity index (χ3v) is 35.1. The van der Waals surface area contributed by atoms with Crippen LogP contribution in [0.2, 0.25) is 0 Å². The van der Waals surface area contributed by atoms with Crippen molar-refractivity contribution in [2.45, 2.75) is 345 Å². The maximum Gasteiger partial charge on any atom is 0.416 e. The Morgan fingerprint density at radius 3 is 0.919 bits per heavy atom. The molecule has 6 aliphatic heterocycles. The van der Waals surface area contributed by atoms with Gasteiger partial charge in [0.2, 0.25) is 0 Å². The van der Waals surface area contributed by atoms with Crippen molar-refractivity contribution in [2.75, 3.05) is 0 Å². The highest BCUT2D eigenvalue weighted by Gasteiger charge is 2.68. The summed E-state index contributed by atoms with van der Waals surface area (Å²) < 4.78 is 211. The zero-order valence-electron chi connectivity index (χ0n) is 83.3. The van der Waals surface area contributed by atoms with E-state index in [9.17, 15) is 102 Å². The minimum Gasteiger partial charge on any atom is -0.393 e. The van der Waals surface area contributed by atoms with E-state index in [1.807, 2.05) is 25.0 Å². The van der Waals surface area contributed by atoms with Crippen LogP contribution in [-0.2, 0) is 35.0 Å². The number of halogens is 14. The SMILES string of the molecule is OC(CC1(C(F)(F)F)c2ccccc2-c2cncn21)C1CCCCC1.OC(CC1(C(F)(F)F)c2ccccc2-c2cncn21)C1CCCCC1.OC(CC1CCc2ccccc2-c2cncn21)C1CCCCC1.OC(CC1Cc2ccccc2-c2cncn21)C1CCCCC1.OC1CCC(C(O)CC2(C(F)(F)F)c3c(F)cccc3-c3cncn32)CC1.OC1CCC(C(O)CC2(C(F)(F)F)c3c(F)cccc3-c3cncn32)CC1. The third kappa shape index (κ3) is 20.5. The number of hydrogen-bond donors (Lipinski definition) is 8. The van der Waals surface area contributed by atoms with Crippen LogP contribution in [0.25, 0.3) is 67.5 Å². The van der Waals surface area contributed by atoms with Crippen molar-refractivity contribution in [3.63, 3.8) is 0 Å². The zero-order valence-corrected chi connectivity index (χ0v) is 83.3. The molecule has 20 nitrogen and oxygen atoms in total. The maximum absolute atomic E-state index is 14.7. The van der Waals surface area contributed by atoms with Gasteiger partial charge in [-0.1, -0.05) is 198 Å². The molecule has 6 aromatic carbocycles. The van der Waals surface area contributed by atoms with Gasteiger partial charge in [-0.05, 0) is 205 Å². The van der Waals surface area contributed by atoms with Crippen LogP contribution in [0, 0.1) is 47.1 Å². The van der Waals surface area contributed by atoms with E-state index in [0.29, 0.717) is 97.8 Å². The van der Waals surface area contributed by atoms with E-state index >= 15 is 0 Å². The van der Waals surface area contributed by atoms with Gasteiger partial charge in [-0.15, -0.1) is 0 Å². The predicted molar refractivity (Wildman–Crippen MR) is 534 cm³/mol. The molecule has 0 amide bonds. The number of rotatable bonds is 18. The average Bonchev–Trinajstić information content (AvgIpc) is 1.55. The number of benzene rings is 6. The molecule has 12 heterocycles. The molecule has 0 saturated heterocycles. The first-order valence-corrected chi connectivity index (χ1v) is 53.4. The first kappa shape index (κ1) is 107. The molecule has 12 atom stereocenters. The van der Waals surface area contributed by atoms with E-state index in [1.165, 1.54) is 181 Å². The minimum absolute atomic E-state index is 0.0623. The molecule has 12 unspecified atom stereocenters. The molecule has 34 heteroatoms. The van der Waals surface area contributed by atoms with Gasteiger partial charge in [0.15, 0.2) is 22.2 Å². The molecule has 6 aliphatic carbocycles. The van der Waals surface area contributed by atoms with Crippen molar-refractivity contribution in [3.05, 3.63) is 254 Å². The molecule has 24 rings (SSSR count). The molecule has 8 N–H and O–H groups in total. The van der Waals surface area contributed by atoms with Crippen molar-refractivity contribution in [1.29, 1.82) is 0 Å². The Morgan fingerprint density at radius 1 is 0.275 bits per heavy atom. The molecule has 0 bridgehead atoms. The molecule has 12 aromatic rings. The van der Waals surface area contributed by atoms with Crippen molar-refractivity contribution < 1.29 is 102 Å². The fraction of sp³-hybridized carbons (Fsp3) is 0.530. The Kier molecular flexibility index (Phi) is 31.6. The van der Waals surface area contributed by atoms with Crippen molar-refractivity contribution >= 4 is 0 Å². The van der Waals surface area contributed by atoms with Gasteiger partial charge in [0, 0.05) is 82.3 Å². The van der Waals surface area contributed by atoms with Crippen molar-refractivity contribution in [3.8, 4) is 67.5 Å². The van der Waals surface area contributed by atoms with Gasteiger partial charge in [-0.3, -0.25) is 0 Å². The van der Waals surface area contributed by atoms with Gasteiger partial charge in [0.1, 0.15) is 11.6 Å². The van der Waals surface area contributed by atoms with Crippen LogP contribution in [0.3, 0.4) is 0 Å². The Balaban J connectivity index is 0.000000112. The molecule has 149 heavy (non-hydrogen) atoms. The minimum atomic E-state index is -4.83. The highest BCUT2D eigenvalue weighted by Crippen LogP contribution is 2.62. The highest BCUT2D eigenvalue weighted by molar-refractivity contribution is 5.76. The lowest BCUT2D eigenvalue weighted by molar-refractivity contribution is -0.209. The summed E-state index contributed by atoms with van der Waals surface area (Å²) in [5, 5.41) is 83.5. The number of nitrogens with zero attached hydrogens (tertiary/aromatic N) is 12. The van der Waals surface area contributed by atoms with Gasteiger partial charge in [-0.25, -0.2) is 38.7 Å². The summed E-state index contributed by atoms with van der Waals surface area (Å²) in [6, 6.07) is 38.8. The first-order valence-electron chi connectivity index (χ1n) is 53.4. The van der Waals surface area contributed by atoms with E-state index < -0.39 is 119 Å². The number of hydrogen-bond acceptors (Lipinski definition) is 14. The van der Waals surface area contributed by atoms with Crippen LogP contribution >= 0.6 is 0 Å². The Hall–Kier alpha value is -10.7. The number of aryl methyl sites for hydroxylation is 1. The predicted octanol–water partition coefficient (Wildman–Crippen LogP) is 24.6. The summed E-state index contributed by atoms with van der Waals surface area (Å²) in [4.78, 5) is 24.3. The second-order valence-electron chi connectivity index (χ2n) is 43.6. The Bertz CT molecular complexity index is 6230. The molecule has 0 spiro atoms. The van der Waals surface area contributed by atoms with Crippen LogP contribution in [0.5, 0.6) is 0 Å². The normalized spacial score (nSPS) is 25.6. The quantitative estimate of drug-likeness (QED) is 0.0371. The van der Waals surface area contributed by atoms with E-state index in [1.54, 1.807) is 36.4 Å². The van der Waals surface area contributed by atoms with Gasteiger partial charge >= 0.3 is 24.7 Å². The first-order chi connectivity index (χ1) is 71.6. The van der Waals surface area contributed by atoms with Crippen LogP contribution < -0.4 is 0 Å². The largest absolute Gasteiger partial charge is 0.416 e. The second kappa shape index (κ2) is 44.2. The standard InChI is InChI=1S/C20H26N2O.2C19H20F4N2O2.2C19H21F3N2O.C19H24N2O/c23-20(16-7-2-1-3-8-16)12-17-11-10-15-6-4-5-9-18(15)19-13-21-14-22(17)19;2*20-14-3-1-2-13-15-9-24-10-25(15)18(17(13)14,19(21,22)23)8-16(27)11-4-6-12(26)7-5-11;2*20-19(21,22)18(10-17(25)13-6-2-1-3-7-13)15-9-5-4-8-14(15)16-11-23-12-24(16)18;22-19(14-6-2-1-3-7-14)11-16-10-15-8-4-5-9-17(15)18-12-20-13-21(16)18/h4-6,9,13-14,16-17,20,23H,1-3,7-8,10-12H2;2*1-3,9-12,16,26-27H,4-8H2;2*4-5,8-9,11-13,17,25H,1-3,6-7,10H2;4-5,8-9,12-14,16,19,22H,1-3,6-7,10-11H2. The Morgan fingerprint density at radius 2 is 0.550 bits per heavy atom. The van der Waals surface area contributed by atoms with Crippen LogP contribution in [0.15, 0.2) is 209 Å².